The Morgan fingerprint density at radius 1 is 1.50 bits per heavy atom. The van der Waals surface area contributed by atoms with Crippen molar-refractivity contribution >= 4 is 17.7 Å². The highest BCUT2D eigenvalue weighted by Gasteiger charge is 2.30. The molecule has 0 saturated carbocycles. The van der Waals surface area contributed by atoms with E-state index in [1.807, 2.05) is 18.2 Å². The fraction of sp³-hybridized carbons (Fsp3) is 0.562. The second-order valence-electron chi connectivity index (χ2n) is 6.21. The molecule has 1 aromatic rings. The third-order valence-electron chi connectivity index (χ3n) is 3.51. The minimum Gasteiger partial charge on any atom is -0.388 e. The van der Waals surface area contributed by atoms with Gasteiger partial charge in [0.1, 0.15) is 0 Å². The van der Waals surface area contributed by atoms with Crippen molar-refractivity contribution in [2.24, 2.45) is 5.92 Å². The zero-order chi connectivity index (χ0) is 14.8. The summed E-state index contributed by atoms with van der Waals surface area (Å²) in [5.74, 6) is 1.12. The first-order valence-electron chi connectivity index (χ1n) is 7.11. The van der Waals surface area contributed by atoms with Gasteiger partial charge in [-0.3, -0.25) is 4.79 Å². The molecule has 1 aliphatic rings. The van der Waals surface area contributed by atoms with Gasteiger partial charge in [-0.1, -0.05) is 32.0 Å². The molecule has 0 aliphatic carbocycles. The van der Waals surface area contributed by atoms with Crippen LogP contribution in [0.4, 0.5) is 0 Å². The normalized spacial score (nSPS) is 20.6. The van der Waals surface area contributed by atoms with Gasteiger partial charge in [0.25, 0.3) is 0 Å². The fourth-order valence-electron chi connectivity index (χ4n) is 2.73. The lowest BCUT2D eigenvalue weighted by Crippen LogP contribution is -2.43. The lowest BCUT2D eigenvalue weighted by atomic mass is 9.93. The van der Waals surface area contributed by atoms with Crippen LogP contribution in [0.3, 0.4) is 0 Å². The first-order chi connectivity index (χ1) is 9.39. The van der Waals surface area contributed by atoms with Crippen LogP contribution >= 0.6 is 11.8 Å². The van der Waals surface area contributed by atoms with Crippen molar-refractivity contribution in [3.63, 3.8) is 0 Å². The SMILES string of the molecule is CC(C)CC(C)(O)CNC(=O)C1CSc2ccccc21. The van der Waals surface area contributed by atoms with Crippen LogP contribution in [0, 0.1) is 5.92 Å². The molecular weight excluding hydrogens is 270 g/mol. The third kappa shape index (κ3) is 3.76. The van der Waals surface area contributed by atoms with Gasteiger partial charge in [0.2, 0.25) is 5.91 Å². The van der Waals surface area contributed by atoms with E-state index in [1.165, 1.54) is 4.90 Å². The van der Waals surface area contributed by atoms with Crippen molar-refractivity contribution in [3.05, 3.63) is 29.8 Å². The first-order valence-corrected chi connectivity index (χ1v) is 8.09. The van der Waals surface area contributed by atoms with Gasteiger partial charge in [-0.25, -0.2) is 0 Å². The summed E-state index contributed by atoms with van der Waals surface area (Å²) in [5, 5.41) is 13.2. The molecule has 1 heterocycles. The number of nitrogens with one attached hydrogen (secondary N) is 1. The lowest BCUT2D eigenvalue weighted by molar-refractivity contribution is -0.123. The molecule has 1 aliphatic heterocycles. The predicted molar refractivity (Wildman–Crippen MR) is 83.0 cm³/mol. The highest BCUT2D eigenvalue weighted by molar-refractivity contribution is 7.99. The van der Waals surface area contributed by atoms with E-state index in [9.17, 15) is 9.90 Å². The van der Waals surface area contributed by atoms with Gasteiger partial charge in [0.05, 0.1) is 11.5 Å². The van der Waals surface area contributed by atoms with E-state index in [-0.39, 0.29) is 11.8 Å². The fourth-order valence-corrected chi connectivity index (χ4v) is 3.96. The number of hydrogen-bond acceptors (Lipinski definition) is 3. The van der Waals surface area contributed by atoms with Gasteiger partial charge in [0.15, 0.2) is 0 Å². The molecule has 2 rings (SSSR count). The Balaban J connectivity index is 1.94. The van der Waals surface area contributed by atoms with Crippen molar-refractivity contribution in [2.45, 2.75) is 43.6 Å². The van der Waals surface area contributed by atoms with Crippen LogP contribution < -0.4 is 5.32 Å². The van der Waals surface area contributed by atoms with E-state index in [2.05, 4.69) is 25.2 Å². The minimum atomic E-state index is -0.838. The Hall–Kier alpha value is -1.00. The Morgan fingerprint density at radius 3 is 2.90 bits per heavy atom. The molecule has 2 N–H and O–H groups in total. The average Bonchev–Trinajstić information content (AvgIpc) is 2.78. The van der Waals surface area contributed by atoms with Crippen LogP contribution in [-0.4, -0.2) is 28.9 Å². The zero-order valence-electron chi connectivity index (χ0n) is 12.3. The van der Waals surface area contributed by atoms with E-state index >= 15 is 0 Å². The maximum Gasteiger partial charge on any atom is 0.228 e. The van der Waals surface area contributed by atoms with Crippen molar-refractivity contribution < 1.29 is 9.90 Å². The summed E-state index contributed by atoms with van der Waals surface area (Å²) >= 11 is 1.72. The van der Waals surface area contributed by atoms with E-state index in [4.69, 9.17) is 0 Å². The third-order valence-corrected chi connectivity index (χ3v) is 4.69. The summed E-state index contributed by atoms with van der Waals surface area (Å²) in [6.07, 6.45) is 0.684. The second kappa shape index (κ2) is 6.19. The number of amides is 1. The maximum atomic E-state index is 12.3. The quantitative estimate of drug-likeness (QED) is 0.877. The smallest absolute Gasteiger partial charge is 0.228 e. The molecule has 0 spiro atoms. The molecule has 0 fully saturated rings. The van der Waals surface area contributed by atoms with E-state index in [0.29, 0.717) is 18.9 Å². The van der Waals surface area contributed by atoms with Gasteiger partial charge >= 0.3 is 0 Å². The summed E-state index contributed by atoms with van der Waals surface area (Å²) in [4.78, 5) is 13.5. The van der Waals surface area contributed by atoms with Crippen molar-refractivity contribution in [2.75, 3.05) is 12.3 Å². The number of aliphatic hydroxyl groups is 1. The largest absolute Gasteiger partial charge is 0.388 e. The minimum absolute atomic E-state index is 0.0199. The molecule has 1 aromatic carbocycles. The zero-order valence-corrected chi connectivity index (χ0v) is 13.2. The molecule has 0 radical (unpaired) electrons. The Bertz CT molecular complexity index is 485. The molecule has 1 amide bonds. The number of benzene rings is 1. The standard InChI is InChI=1S/C16H23NO2S/c1-11(2)8-16(3,19)10-17-15(18)13-9-20-14-7-5-4-6-12(13)14/h4-7,11,13,19H,8-10H2,1-3H3,(H,17,18). The Labute approximate surface area is 125 Å². The van der Waals surface area contributed by atoms with Gasteiger partial charge in [0, 0.05) is 17.2 Å². The van der Waals surface area contributed by atoms with E-state index < -0.39 is 5.60 Å². The number of thioether (sulfide) groups is 1. The Kier molecular flexibility index (Phi) is 4.76. The number of rotatable bonds is 5. The number of hydrogen-bond donors (Lipinski definition) is 2. The molecule has 3 nitrogen and oxygen atoms in total. The molecule has 20 heavy (non-hydrogen) atoms. The van der Waals surface area contributed by atoms with Crippen LogP contribution in [0.1, 0.15) is 38.7 Å². The van der Waals surface area contributed by atoms with Crippen LogP contribution in [0.2, 0.25) is 0 Å². The van der Waals surface area contributed by atoms with E-state index in [1.54, 1.807) is 18.7 Å². The van der Waals surface area contributed by atoms with Gasteiger partial charge in [-0.15, -0.1) is 11.8 Å². The molecule has 2 unspecified atom stereocenters. The highest BCUT2D eigenvalue weighted by atomic mass is 32.2. The first kappa shape index (κ1) is 15.4. The predicted octanol–water partition coefficient (Wildman–Crippen LogP) is 2.79. The topological polar surface area (TPSA) is 49.3 Å². The lowest BCUT2D eigenvalue weighted by Gasteiger charge is -2.26. The summed E-state index contributed by atoms with van der Waals surface area (Å²) in [6, 6.07) is 8.05. The van der Waals surface area contributed by atoms with Crippen molar-refractivity contribution in [1.29, 1.82) is 0 Å². The summed E-state index contributed by atoms with van der Waals surface area (Å²) in [5.41, 5.74) is 0.272. The van der Waals surface area contributed by atoms with Crippen molar-refractivity contribution in [3.8, 4) is 0 Å². The second-order valence-corrected chi connectivity index (χ2v) is 7.28. The van der Waals surface area contributed by atoms with Crippen LogP contribution in [0.5, 0.6) is 0 Å². The average molecular weight is 293 g/mol. The summed E-state index contributed by atoms with van der Waals surface area (Å²) in [6.45, 7) is 6.23. The van der Waals surface area contributed by atoms with Gasteiger partial charge < -0.3 is 10.4 Å². The number of carbonyl (C=O) groups excluding carboxylic acids is 1. The monoisotopic (exact) mass is 293 g/mol. The number of carbonyl (C=O) groups is 1. The molecule has 0 saturated heterocycles. The molecule has 0 aromatic heterocycles. The van der Waals surface area contributed by atoms with Crippen molar-refractivity contribution in [1.82, 2.24) is 5.32 Å². The summed E-state index contributed by atoms with van der Waals surface area (Å²) < 4.78 is 0. The van der Waals surface area contributed by atoms with Crippen LogP contribution in [0.25, 0.3) is 0 Å². The van der Waals surface area contributed by atoms with Crippen LogP contribution in [-0.2, 0) is 4.79 Å². The maximum absolute atomic E-state index is 12.3. The molecule has 2 atom stereocenters. The molecule has 4 heteroatoms. The molecule has 0 bridgehead atoms. The number of fused-ring (bicyclic) bond motifs is 1. The molecular formula is C16H23NO2S. The Morgan fingerprint density at radius 2 is 2.20 bits per heavy atom. The van der Waals surface area contributed by atoms with E-state index in [0.717, 1.165) is 11.3 Å². The van der Waals surface area contributed by atoms with Crippen LogP contribution in [0.15, 0.2) is 29.2 Å². The highest BCUT2D eigenvalue weighted by Crippen LogP contribution is 2.39. The van der Waals surface area contributed by atoms with Gasteiger partial charge in [-0.05, 0) is 30.9 Å². The molecule has 110 valence electrons. The van der Waals surface area contributed by atoms with Gasteiger partial charge in [-0.2, -0.15) is 0 Å². The summed E-state index contributed by atoms with van der Waals surface area (Å²) in [7, 11) is 0.